The summed E-state index contributed by atoms with van der Waals surface area (Å²) in [4.78, 5) is 13.7. The van der Waals surface area contributed by atoms with Gasteiger partial charge in [-0.1, -0.05) is 35.5 Å². The zero-order chi connectivity index (χ0) is 21.3. The van der Waals surface area contributed by atoms with E-state index in [2.05, 4.69) is 32.4 Å². The van der Waals surface area contributed by atoms with E-state index >= 15 is 0 Å². The Hall–Kier alpha value is -4.14. The largest absolute Gasteiger partial charge is 0.338 e. The Morgan fingerprint density at radius 3 is 2.75 bits per heavy atom. The molecule has 1 saturated carbocycles. The normalized spacial score (nSPS) is 15.5. The van der Waals surface area contributed by atoms with Crippen LogP contribution in [0, 0.1) is 5.82 Å². The van der Waals surface area contributed by atoms with Gasteiger partial charge in [0, 0.05) is 5.56 Å². The van der Waals surface area contributed by atoms with Crippen LogP contribution in [0.1, 0.15) is 30.0 Å². The number of aromatic nitrogens is 7. The number of halogens is 1. The van der Waals surface area contributed by atoms with Gasteiger partial charge in [0.1, 0.15) is 24.2 Å². The molecule has 5 aromatic rings. The predicted molar refractivity (Wildman–Crippen MR) is 111 cm³/mol. The molecule has 0 N–H and O–H groups in total. The molecule has 2 aliphatic rings. The van der Waals surface area contributed by atoms with E-state index in [1.165, 1.54) is 24.0 Å². The van der Waals surface area contributed by atoms with Gasteiger partial charge in [-0.15, -0.1) is 0 Å². The highest BCUT2D eigenvalue weighted by Gasteiger charge is 2.51. The van der Waals surface area contributed by atoms with Gasteiger partial charge < -0.3 is 4.52 Å². The molecule has 0 amide bonds. The second kappa shape index (κ2) is 6.19. The summed E-state index contributed by atoms with van der Waals surface area (Å²) in [6.07, 6.45) is 5.12. The number of fused-ring (bicyclic) bond motifs is 5. The molecule has 0 saturated heterocycles. The van der Waals surface area contributed by atoms with Crippen molar-refractivity contribution < 1.29 is 8.91 Å². The fourth-order valence-electron chi connectivity index (χ4n) is 4.57. The third-order valence-electron chi connectivity index (χ3n) is 6.36. The van der Waals surface area contributed by atoms with Gasteiger partial charge in [0.2, 0.25) is 11.7 Å². The summed E-state index contributed by atoms with van der Waals surface area (Å²) >= 11 is 0. The lowest BCUT2D eigenvalue weighted by Gasteiger charge is -2.09. The fraction of sp³-hybridized carbons (Fsp3) is 0.174. The van der Waals surface area contributed by atoms with E-state index in [1.54, 1.807) is 17.1 Å². The molecule has 0 atom stereocenters. The second-order valence-corrected chi connectivity index (χ2v) is 8.18. The Balaban J connectivity index is 1.36. The first-order valence-corrected chi connectivity index (χ1v) is 10.4. The molecule has 4 heterocycles. The van der Waals surface area contributed by atoms with E-state index < -0.39 is 0 Å². The lowest BCUT2D eigenvalue weighted by atomic mass is 9.96. The zero-order valence-electron chi connectivity index (χ0n) is 16.8. The minimum Gasteiger partial charge on any atom is -0.338 e. The van der Waals surface area contributed by atoms with Crippen LogP contribution >= 0.6 is 0 Å². The van der Waals surface area contributed by atoms with E-state index in [-0.39, 0.29) is 11.2 Å². The molecular formula is C23H16FN7O. The number of nitrogens with zero attached hydrogens (tertiary/aromatic N) is 7. The van der Waals surface area contributed by atoms with Gasteiger partial charge in [0.05, 0.1) is 23.3 Å². The molecule has 2 aromatic carbocycles. The fourth-order valence-corrected chi connectivity index (χ4v) is 4.57. The van der Waals surface area contributed by atoms with Crippen molar-refractivity contribution >= 4 is 0 Å². The van der Waals surface area contributed by atoms with Crippen molar-refractivity contribution in [3.63, 3.8) is 0 Å². The Kier molecular flexibility index (Phi) is 3.39. The van der Waals surface area contributed by atoms with Gasteiger partial charge in [-0.25, -0.2) is 19.0 Å². The Morgan fingerprint density at radius 2 is 1.91 bits per heavy atom. The average Bonchev–Trinajstić information content (AvgIpc) is 3.15. The highest BCUT2D eigenvalue weighted by molar-refractivity contribution is 5.70. The van der Waals surface area contributed by atoms with Gasteiger partial charge in [-0.05, 0) is 36.6 Å². The molecule has 1 fully saturated rings. The van der Waals surface area contributed by atoms with Crippen molar-refractivity contribution in [2.24, 2.45) is 0 Å². The monoisotopic (exact) mass is 425 g/mol. The molecule has 0 unspecified atom stereocenters. The average molecular weight is 425 g/mol. The first-order valence-electron chi connectivity index (χ1n) is 10.4. The Labute approximate surface area is 181 Å². The maximum Gasteiger partial charge on any atom is 0.237 e. The van der Waals surface area contributed by atoms with Crippen LogP contribution in [-0.4, -0.2) is 34.5 Å². The number of rotatable bonds is 3. The Morgan fingerprint density at radius 1 is 1.03 bits per heavy atom. The molecule has 0 spiro atoms. The van der Waals surface area contributed by atoms with Crippen LogP contribution in [0.15, 0.2) is 65.7 Å². The van der Waals surface area contributed by atoms with E-state index in [0.29, 0.717) is 35.3 Å². The summed E-state index contributed by atoms with van der Waals surface area (Å²) in [6, 6.07) is 14.9. The minimum absolute atomic E-state index is 0.216. The first kappa shape index (κ1) is 17.5. The van der Waals surface area contributed by atoms with Crippen molar-refractivity contribution in [1.82, 2.24) is 34.5 Å². The molecule has 8 nitrogen and oxygen atoms in total. The SMILES string of the molecule is Fc1ccc2c(c1)-c1ncnn1Cc1c(-c3noc(C4(c5ccccc5)CC4)n3)ncn1-2. The van der Waals surface area contributed by atoms with Crippen LogP contribution < -0.4 is 0 Å². The molecule has 1 aliphatic heterocycles. The van der Waals surface area contributed by atoms with Crippen molar-refractivity contribution in [2.75, 3.05) is 0 Å². The lowest BCUT2D eigenvalue weighted by Crippen LogP contribution is -2.09. The van der Waals surface area contributed by atoms with E-state index in [1.807, 2.05) is 22.8 Å². The van der Waals surface area contributed by atoms with E-state index in [0.717, 1.165) is 24.2 Å². The molecule has 156 valence electrons. The summed E-state index contributed by atoms with van der Waals surface area (Å²) in [5.41, 5.74) is 3.84. The molecule has 3 aromatic heterocycles. The summed E-state index contributed by atoms with van der Waals surface area (Å²) in [7, 11) is 0. The lowest BCUT2D eigenvalue weighted by molar-refractivity contribution is 0.360. The maximum absolute atomic E-state index is 14.0. The standard InChI is InChI=1S/C23H16FN7O/c24-15-6-7-17-16(10-15)21-25-12-27-31(21)11-18-19(26-13-30(17)18)20-28-22(32-29-20)23(8-9-23)14-4-2-1-3-5-14/h1-7,10,12-13H,8-9,11H2. The zero-order valence-corrected chi connectivity index (χ0v) is 16.8. The highest BCUT2D eigenvalue weighted by atomic mass is 19.1. The number of imidazole rings is 1. The molecule has 1 aliphatic carbocycles. The van der Waals surface area contributed by atoms with Crippen LogP contribution in [0.4, 0.5) is 4.39 Å². The van der Waals surface area contributed by atoms with Crippen molar-refractivity contribution in [3.05, 3.63) is 84.2 Å². The van der Waals surface area contributed by atoms with Gasteiger partial charge in [-0.2, -0.15) is 10.1 Å². The van der Waals surface area contributed by atoms with Gasteiger partial charge in [-0.3, -0.25) is 4.57 Å². The summed E-state index contributed by atoms with van der Waals surface area (Å²) in [5.74, 6) is 1.31. The van der Waals surface area contributed by atoms with Crippen LogP contribution in [-0.2, 0) is 12.0 Å². The van der Waals surface area contributed by atoms with Crippen molar-refractivity contribution in [2.45, 2.75) is 24.8 Å². The number of benzene rings is 2. The molecule has 7 rings (SSSR count). The van der Waals surface area contributed by atoms with Crippen LogP contribution in [0.3, 0.4) is 0 Å². The molecule has 32 heavy (non-hydrogen) atoms. The van der Waals surface area contributed by atoms with Crippen molar-refractivity contribution in [3.8, 4) is 28.6 Å². The third-order valence-corrected chi connectivity index (χ3v) is 6.36. The summed E-state index contributed by atoms with van der Waals surface area (Å²) in [5, 5.41) is 8.61. The quantitative estimate of drug-likeness (QED) is 0.429. The summed E-state index contributed by atoms with van der Waals surface area (Å²) < 4.78 is 23.4. The first-order chi connectivity index (χ1) is 15.7. The Bertz CT molecular complexity index is 1480. The van der Waals surface area contributed by atoms with Gasteiger partial charge in [0.15, 0.2) is 5.82 Å². The van der Waals surface area contributed by atoms with E-state index in [4.69, 9.17) is 9.51 Å². The minimum atomic E-state index is -0.333. The molecule has 0 bridgehead atoms. The maximum atomic E-state index is 14.0. The topological polar surface area (TPSA) is 87.4 Å². The van der Waals surface area contributed by atoms with Gasteiger partial charge >= 0.3 is 0 Å². The van der Waals surface area contributed by atoms with Crippen LogP contribution in [0.2, 0.25) is 0 Å². The smallest absolute Gasteiger partial charge is 0.237 e. The molecule has 0 radical (unpaired) electrons. The molecular weight excluding hydrogens is 409 g/mol. The summed E-state index contributed by atoms with van der Waals surface area (Å²) in [6.45, 7) is 0.397. The number of hydrogen-bond acceptors (Lipinski definition) is 6. The van der Waals surface area contributed by atoms with Gasteiger partial charge in [0.25, 0.3) is 0 Å². The van der Waals surface area contributed by atoms with Crippen molar-refractivity contribution in [1.29, 1.82) is 0 Å². The van der Waals surface area contributed by atoms with Crippen LogP contribution in [0.5, 0.6) is 0 Å². The highest BCUT2D eigenvalue weighted by Crippen LogP contribution is 2.53. The van der Waals surface area contributed by atoms with E-state index in [9.17, 15) is 4.39 Å². The third kappa shape index (κ3) is 2.38. The second-order valence-electron chi connectivity index (χ2n) is 8.18. The predicted octanol–water partition coefficient (Wildman–Crippen LogP) is 3.76. The number of hydrogen-bond donors (Lipinski definition) is 0. The molecule has 9 heteroatoms. The van der Waals surface area contributed by atoms with Crippen LogP contribution in [0.25, 0.3) is 28.6 Å².